The predicted octanol–water partition coefficient (Wildman–Crippen LogP) is 0.172. The molecule has 9 nitrogen and oxygen atoms in total. The molecule has 4 rings (SSSR count). The highest BCUT2D eigenvalue weighted by Crippen LogP contribution is 2.37. The summed E-state index contributed by atoms with van der Waals surface area (Å²) in [7, 11) is 0. The zero-order valence-electron chi connectivity index (χ0n) is 12.7. The molecule has 4 heterocycles. The third kappa shape index (κ3) is 2.69. The van der Waals surface area contributed by atoms with E-state index in [4.69, 9.17) is 10.5 Å². The molecule has 0 radical (unpaired) electrons. The lowest BCUT2D eigenvalue weighted by Crippen LogP contribution is -2.27. The topological polar surface area (TPSA) is 143 Å². The van der Waals surface area contributed by atoms with E-state index in [9.17, 15) is 19.8 Å². The first-order valence-electron chi connectivity index (χ1n) is 7.41. The quantitative estimate of drug-likeness (QED) is 0.505. The van der Waals surface area contributed by atoms with E-state index in [0.717, 1.165) is 4.57 Å². The van der Waals surface area contributed by atoms with Gasteiger partial charge in [0.05, 0.1) is 6.10 Å². The molecule has 0 saturated carbocycles. The van der Waals surface area contributed by atoms with Gasteiger partial charge in [0.1, 0.15) is 16.9 Å². The van der Waals surface area contributed by atoms with Gasteiger partial charge in [-0.3, -0.25) is 19.1 Å². The van der Waals surface area contributed by atoms with Gasteiger partial charge >= 0.3 is 4.87 Å². The van der Waals surface area contributed by atoms with Gasteiger partial charge in [-0.25, -0.2) is 0 Å². The number of fused-ring (bicyclic) bond motifs is 1. The van der Waals surface area contributed by atoms with E-state index >= 15 is 0 Å². The zero-order valence-corrected chi connectivity index (χ0v) is 14.3. The van der Waals surface area contributed by atoms with Crippen LogP contribution in [0.3, 0.4) is 0 Å². The normalized spacial score (nSPS) is 24.8. The second-order valence-electron chi connectivity index (χ2n) is 5.67. The first-order chi connectivity index (χ1) is 12.0. The third-order valence-corrected chi connectivity index (χ3v) is 5.94. The van der Waals surface area contributed by atoms with E-state index < -0.39 is 35.0 Å². The van der Waals surface area contributed by atoms with E-state index in [0.29, 0.717) is 16.2 Å². The summed E-state index contributed by atoms with van der Waals surface area (Å²) in [5, 5.41) is 22.6. The van der Waals surface area contributed by atoms with Gasteiger partial charge in [-0.15, -0.1) is 11.3 Å². The summed E-state index contributed by atoms with van der Waals surface area (Å²) in [6.07, 6.45) is -3.53. The fraction of sp³-hybridized carbons (Fsp3) is 0.357. The van der Waals surface area contributed by atoms with Crippen molar-refractivity contribution in [3.63, 3.8) is 0 Å². The van der Waals surface area contributed by atoms with Crippen molar-refractivity contribution in [2.45, 2.75) is 31.0 Å². The summed E-state index contributed by atoms with van der Waals surface area (Å²) in [5.41, 5.74) is 5.10. The van der Waals surface area contributed by atoms with Crippen molar-refractivity contribution in [2.75, 3.05) is 5.73 Å². The molecule has 0 aliphatic carbocycles. The Bertz CT molecular complexity index is 1020. The zero-order chi connectivity index (χ0) is 17.7. The van der Waals surface area contributed by atoms with Crippen LogP contribution in [-0.4, -0.2) is 37.0 Å². The average molecular weight is 382 g/mol. The Kier molecular flexibility index (Phi) is 3.96. The minimum absolute atomic E-state index is 0.0616. The van der Waals surface area contributed by atoms with E-state index in [1.807, 2.05) is 11.4 Å². The van der Waals surface area contributed by atoms with Gasteiger partial charge in [-0.05, 0) is 11.4 Å². The summed E-state index contributed by atoms with van der Waals surface area (Å²) >= 11 is 2.08. The SMILES string of the molecule is Nc1nc2c(sc(=O)n2[C@@H]2O[C@H](C(O)c3cccs3)C[C@H]2O)c(=O)[nH]1. The number of ether oxygens (including phenoxy) is 1. The minimum Gasteiger partial charge on any atom is -0.388 e. The van der Waals surface area contributed by atoms with Gasteiger partial charge in [-0.1, -0.05) is 17.4 Å². The molecule has 1 fully saturated rings. The van der Waals surface area contributed by atoms with Crippen LogP contribution in [0.4, 0.5) is 5.95 Å². The number of nitrogens with two attached hydrogens (primary N) is 1. The number of aromatic nitrogens is 3. The lowest BCUT2D eigenvalue weighted by molar-refractivity contribution is -0.0750. The molecule has 4 atom stereocenters. The summed E-state index contributed by atoms with van der Waals surface area (Å²) < 4.78 is 6.99. The number of aliphatic hydroxyl groups is 2. The number of hydrogen-bond donors (Lipinski definition) is 4. The van der Waals surface area contributed by atoms with Crippen LogP contribution >= 0.6 is 22.7 Å². The molecule has 1 aliphatic heterocycles. The number of H-pyrrole nitrogens is 1. The van der Waals surface area contributed by atoms with Crippen LogP contribution in [0, 0.1) is 0 Å². The maximum absolute atomic E-state index is 12.3. The van der Waals surface area contributed by atoms with Crippen LogP contribution < -0.4 is 16.2 Å². The van der Waals surface area contributed by atoms with Gasteiger partial charge in [-0.2, -0.15) is 4.98 Å². The van der Waals surface area contributed by atoms with Crippen molar-refractivity contribution in [3.8, 4) is 0 Å². The van der Waals surface area contributed by atoms with E-state index in [-0.39, 0.29) is 22.7 Å². The predicted molar refractivity (Wildman–Crippen MR) is 92.7 cm³/mol. The van der Waals surface area contributed by atoms with Crippen LogP contribution in [0.25, 0.3) is 10.3 Å². The van der Waals surface area contributed by atoms with Crippen molar-refractivity contribution < 1.29 is 14.9 Å². The monoisotopic (exact) mass is 382 g/mol. The smallest absolute Gasteiger partial charge is 0.311 e. The van der Waals surface area contributed by atoms with E-state index in [1.165, 1.54) is 11.3 Å². The Balaban J connectivity index is 1.73. The maximum atomic E-state index is 12.3. The lowest BCUT2D eigenvalue weighted by atomic mass is 10.1. The Morgan fingerprint density at radius 2 is 2.28 bits per heavy atom. The average Bonchev–Trinajstić information content (AvgIpc) is 3.26. The summed E-state index contributed by atoms with van der Waals surface area (Å²) in [6, 6.07) is 3.58. The molecular formula is C14H14N4O5S2. The van der Waals surface area contributed by atoms with Gasteiger partial charge in [0.25, 0.3) is 5.56 Å². The van der Waals surface area contributed by atoms with Crippen molar-refractivity contribution in [3.05, 3.63) is 42.4 Å². The van der Waals surface area contributed by atoms with Gasteiger partial charge < -0.3 is 20.7 Å². The molecule has 1 unspecified atom stereocenters. The summed E-state index contributed by atoms with van der Waals surface area (Å²) in [5.74, 6) is -0.133. The fourth-order valence-electron chi connectivity index (χ4n) is 2.93. The molecule has 3 aromatic heterocycles. The molecule has 3 aromatic rings. The van der Waals surface area contributed by atoms with Crippen LogP contribution in [-0.2, 0) is 4.74 Å². The minimum atomic E-state index is -1.05. The highest BCUT2D eigenvalue weighted by Gasteiger charge is 2.41. The van der Waals surface area contributed by atoms with Crippen LogP contribution in [0.2, 0.25) is 0 Å². The Hall–Kier alpha value is -2.05. The molecular weight excluding hydrogens is 368 g/mol. The van der Waals surface area contributed by atoms with Crippen LogP contribution in [0.1, 0.15) is 23.6 Å². The molecule has 0 spiro atoms. The van der Waals surface area contributed by atoms with Gasteiger partial charge in [0.15, 0.2) is 11.9 Å². The van der Waals surface area contributed by atoms with Gasteiger partial charge in [0.2, 0.25) is 5.95 Å². The van der Waals surface area contributed by atoms with Crippen LogP contribution in [0.5, 0.6) is 0 Å². The molecule has 0 amide bonds. The second-order valence-corrected chi connectivity index (χ2v) is 7.61. The number of hydrogen-bond acceptors (Lipinski definition) is 9. The third-order valence-electron chi connectivity index (χ3n) is 4.05. The Morgan fingerprint density at radius 3 is 3.00 bits per heavy atom. The fourth-order valence-corrected chi connectivity index (χ4v) is 4.53. The summed E-state index contributed by atoms with van der Waals surface area (Å²) in [4.78, 5) is 30.8. The number of thiazole rings is 1. The molecule has 132 valence electrons. The molecule has 1 saturated heterocycles. The first kappa shape index (κ1) is 16.4. The van der Waals surface area contributed by atoms with Crippen molar-refractivity contribution in [1.29, 1.82) is 0 Å². The number of nitrogens with zero attached hydrogens (tertiary/aromatic N) is 2. The molecule has 0 aromatic carbocycles. The van der Waals surface area contributed by atoms with Gasteiger partial charge in [0, 0.05) is 11.3 Å². The van der Waals surface area contributed by atoms with E-state index in [1.54, 1.807) is 6.07 Å². The molecule has 0 bridgehead atoms. The van der Waals surface area contributed by atoms with E-state index in [2.05, 4.69) is 9.97 Å². The lowest BCUT2D eigenvalue weighted by Gasteiger charge is -2.18. The van der Waals surface area contributed by atoms with Crippen molar-refractivity contribution in [1.82, 2.24) is 14.5 Å². The number of nitrogens with one attached hydrogen (secondary N) is 1. The number of thiophene rings is 1. The standard InChI is InChI=1S/C14H14N4O5S2/c15-13-16-10-9(11(21)17-13)25-14(22)18(10)12-5(19)4-6(23-12)8(20)7-2-1-3-24-7/h1-3,5-6,8,12,19-20H,4H2,(H3,15,16,17,21)/t5-,6+,8?,12-/m1/s1. The van der Waals surface area contributed by atoms with Crippen molar-refractivity contribution >= 4 is 39.0 Å². The Labute approximate surface area is 148 Å². The number of aromatic amines is 1. The number of anilines is 1. The largest absolute Gasteiger partial charge is 0.388 e. The summed E-state index contributed by atoms with van der Waals surface area (Å²) in [6.45, 7) is 0. The highest BCUT2D eigenvalue weighted by atomic mass is 32.1. The molecule has 11 heteroatoms. The second kappa shape index (κ2) is 6.04. The number of nitrogen functional groups attached to an aromatic ring is 1. The first-order valence-corrected chi connectivity index (χ1v) is 9.11. The molecule has 5 N–H and O–H groups in total. The maximum Gasteiger partial charge on any atom is 0.311 e. The molecule has 25 heavy (non-hydrogen) atoms. The number of aliphatic hydroxyl groups excluding tert-OH is 2. The number of rotatable bonds is 3. The van der Waals surface area contributed by atoms with Crippen LogP contribution in [0.15, 0.2) is 27.1 Å². The Morgan fingerprint density at radius 1 is 1.48 bits per heavy atom. The highest BCUT2D eigenvalue weighted by molar-refractivity contribution is 7.16. The van der Waals surface area contributed by atoms with Crippen molar-refractivity contribution in [2.24, 2.45) is 0 Å². The molecule has 1 aliphatic rings.